The highest BCUT2D eigenvalue weighted by molar-refractivity contribution is 5.94. The zero-order valence-corrected chi connectivity index (χ0v) is 18.4. The van der Waals surface area contributed by atoms with Crippen molar-refractivity contribution in [3.63, 3.8) is 0 Å². The van der Waals surface area contributed by atoms with E-state index in [0.717, 1.165) is 43.9 Å². The number of nitrogens with one attached hydrogen (secondary N) is 2. The van der Waals surface area contributed by atoms with Gasteiger partial charge in [0.05, 0.1) is 17.8 Å². The van der Waals surface area contributed by atoms with E-state index in [-0.39, 0.29) is 18.4 Å². The highest BCUT2D eigenvalue weighted by atomic mass is 19.4. The van der Waals surface area contributed by atoms with Crippen molar-refractivity contribution in [3.8, 4) is 17.0 Å². The molecule has 0 spiro atoms. The van der Waals surface area contributed by atoms with Gasteiger partial charge >= 0.3 is 12.2 Å². The van der Waals surface area contributed by atoms with Crippen molar-refractivity contribution in [2.75, 3.05) is 37.7 Å². The van der Waals surface area contributed by atoms with Gasteiger partial charge in [-0.2, -0.15) is 13.2 Å². The topological polar surface area (TPSA) is 69.7 Å². The minimum absolute atomic E-state index is 0.270. The van der Waals surface area contributed by atoms with E-state index in [1.54, 1.807) is 18.2 Å². The number of carbonyl (C=O) groups excluding carboxylic acids is 1. The highest BCUT2D eigenvalue weighted by Gasteiger charge is 2.31. The maximum atomic E-state index is 13.2. The number of pyridine rings is 1. The average molecular weight is 471 g/mol. The molecule has 0 atom stereocenters. The number of carbonyl (C=O) groups is 1. The van der Waals surface area contributed by atoms with Gasteiger partial charge in [0.2, 0.25) is 0 Å². The van der Waals surface area contributed by atoms with Crippen LogP contribution in [0.15, 0.2) is 60.1 Å². The van der Waals surface area contributed by atoms with Gasteiger partial charge in [0, 0.05) is 37.0 Å². The fourth-order valence-electron chi connectivity index (χ4n) is 4.27. The Hall–Kier alpha value is -3.69. The number of fused-ring (bicyclic) bond motifs is 1. The molecule has 2 aromatic rings. The molecule has 0 unspecified atom stereocenters. The number of halogens is 3. The van der Waals surface area contributed by atoms with E-state index >= 15 is 0 Å². The summed E-state index contributed by atoms with van der Waals surface area (Å²) in [6, 6.07) is 7.82. The largest absolute Gasteiger partial charge is 0.488 e. The molecule has 3 aliphatic heterocycles. The van der Waals surface area contributed by atoms with Crippen molar-refractivity contribution < 1.29 is 22.7 Å². The first-order valence-corrected chi connectivity index (χ1v) is 11.2. The number of allylic oxidation sites excluding steroid dienone is 1. The Balaban J connectivity index is 1.38. The molecule has 2 amide bonds. The first kappa shape index (κ1) is 22.1. The number of nitrogens with zero attached hydrogens (tertiary/aromatic N) is 3. The minimum Gasteiger partial charge on any atom is -0.488 e. The molecule has 34 heavy (non-hydrogen) atoms. The second-order valence-electron chi connectivity index (χ2n) is 8.29. The molecule has 3 aliphatic rings. The molecule has 0 aliphatic carbocycles. The Labute approximate surface area is 194 Å². The summed E-state index contributed by atoms with van der Waals surface area (Å²) >= 11 is 0. The molecule has 0 bridgehead atoms. The molecule has 2 N–H and O–H groups in total. The van der Waals surface area contributed by atoms with Crippen LogP contribution >= 0.6 is 0 Å². The third-order valence-electron chi connectivity index (χ3n) is 5.99. The van der Waals surface area contributed by atoms with Crippen molar-refractivity contribution in [1.29, 1.82) is 0 Å². The maximum Gasteiger partial charge on any atom is 0.416 e. The first-order valence-electron chi connectivity index (χ1n) is 11.2. The van der Waals surface area contributed by atoms with Gasteiger partial charge < -0.3 is 20.3 Å². The van der Waals surface area contributed by atoms with Crippen LogP contribution in [-0.2, 0) is 6.18 Å². The van der Waals surface area contributed by atoms with Crippen LogP contribution in [0.3, 0.4) is 0 Å². The van der Waals surface area contributed by atoms with E-state index in [1.807, 2.05) is 12.2 Å². The zero-order valence-electron chi connectivity index (χ0n) is 18.4. The Morgan fingerprint density at radius 1 is 1.12 bits per heavy atom. The number of hydrogen-bond donors (Lipinski definition) is 2. The Morgan fingerprint density at radius 2 is 1.94 bits per heavy atom. The molecular weight excluding hydrogens is 447 g/mol. The van der Waals surface area contributed by atoms with Crippen LogP contribution < -0.4 is 20.3 Å². The lowest BCUT2D eigenvalue weighted by molar-refractivity contribution is -0.137. The second-order valence-corrected chi connectivity index (χ2v) is 8.29. The number of benzene rings is 1. The van der Waals surface area contributed by atoms with Gasteiger partial charge in [-0.1, -0.05) is 12.1 Å². The molecule has 1 aromatic carbocycles. The van der Waals surface area contributed by atoms with E-state index < -0.39 is 11.7 Å². The van der Waals surface area contributed by atoms with Gasteiger partial charge in [-0.3, -0.25) is 4.90 Å². The van der Waals surface area contributed by atoms with Crippen molar-refractivity contribution in [2.24, 2.45) is 0 Å². The van der Waals surface area contributed by atoms with Crippen LogP contribution in [-0.4, -0.2) is 48.7 Å². The standard InChI is InChI=1S/C24H24F3N5O2/c25-24(26,27)17-5-3-4-16(14-17)19-6-7-20-22(30-19)32(12-13-34-20)23(33)29-18-8-9-28-21(15-18)31-10-1-2-11-31/h3-8,14-15,28H,1-2,9-13H2,(H,29,33). The third kappa shape index (κ3) is 4.52. The molecule has 1 fully saturated rings. The number of rotatable bonds is 3. The van der Waals surface area contributed by atoms with Crippen LogP contribution in [0.2, 0.25) is 0 Å². The number of amides is 2. The summed E-state index contributed by atoms with van der Waals surface area (Å²) in [6.45, 7) is 3.14. The lowest BCUT2D eigenvalue weighted by atomic mass is 10.1. The number of urea groups is 1. The fourth-order valence-corrected chi connectivity index (χ4v) is 4.27. The zero-order chi connectivity index (χ0) is 23.7. The van der Waals surface area contributed by atoms with Crippen molar-refractivity contribution >= 4 is 11.8 Å². The van der Waals surface area contributed by atoms with Crippen LogP contribution in [0, 0.1) is 0 Å². The smallest absolute Gasteiger partial charge is 0.416 e. The number of dihydropyridines is 1. The SMILES string of the molecule is O=C(NC1=CCNC(N2CCCC2)=C1)N1CCOc2ccc(-c3cccc(C(F)(F)F)c3)nc21. The van der Waals surface area contributed by atoms with Crippen LogP contribution in [0.5, 0.6) is 5.75 Å². The second kappa shape index (κ2) is 8.92. The summed E-state index contributed by atoms with van der Waals surface area (Å²) in [5.41, 5.74) is 0.565. The summed E-state index contributed by atoms with van der Waals surface area (Å²) in [7, 11) is 0. The van der Waals surface area contributed by atoms with E-state index in [0.29, 0.717) is 35.9 Å². The summed E-state index contributed by atoms with van der Waals surface area (Å²) in [6.07, 6.45) is 1.65. The van der Waals surface area contributed by atoms with E-state index in [4.69, 9.17) is 4.74 Å². The minimum atomic E-state index is -4.46. The molecule has 7 nitrogen and oxygen atoms in total. The Kier molecular flexibility index (Phi) is 5.80. The molecule has 4 heterocycles. The van der Waals surface area contributed by atoms with Crippen molar-refractivity contribution in [2.45, 2.75) is 19.0 Å². The molecule has 10 heteroatoms. The number of alkyl halides is 3. The van der Waals surface area contributed by atoms with E-state index in [1.165, 1.54) is 11.0 Å². The van der Waals surface area contributed by atoms with E-state index in [2.05, 4.69) is 20.5 Å². The molecule has 1 aromatic heterocycles. The number of anilines is 1. The molecule has 0 saturated carbocycles. The van der Waals surface area contributed by atoms with Gasteiger partial charge in [-0.25, -0.2) is 9.78 Å². The number of aromatic nitrogens is 1. The molecule has 1 saturated heterocycles. The van der Waals surface area contributed by atoms with Gasteiger partial charge in [0.25, 0.3) is 0 Å². The monoisotopic (exact) mass is 471 g/mol. The average Bonchev–Trinajstić information content (AvgIpc) is 3.38. The third-order valence-corrected chi connectivity index (χ3v) is 5.99. The van der Waals surface area contributed by atoms with Gasteiger partial charge in [0.15, 0.2) is 11.6 Å². The molecule has 5 rings (SSSR count). The van der Waals surface area contributed by atoms with Crippen molar-refractivity contribution in [1.82, 2.24) is 20.5 Å². The molecule has 178 valence electrons. The van der Waals surface area contributed by atoms with Gasteiger partial charge in [-0.05, 0) is 43.2 Å². The molecule has 0 radical (unpaired) electrons. The fraction of sp³-hybridized carbons (Fsp3) is 0.333. The summed E-state index contributed by atoms with van der Waals surface area (Å²) in [5, 5.41) is 6.27. The Morgan fingerprint density at radius 3 is 2.74 bits per heavy atom. The van der Waals surface area contributed by atoms with Crippen LogP contribution in [0.25, 0.3) is 11.3 Å². The lowest BCUT2D eigenvalue weighted by Gasteiger charge is -2.30. The normalized spacial score (nSPS) is 17.9. The lowest BCUT2D eigenvalue weighted by Crippen LogP contribution is -2.45. The van der Waals surface area contributed by atoms with E-state index in [9.17, 15) is 18.0 Å². The summed E-state index contributed by atoms with van der Waals surface area (Å²) < 4.78 is 45.1. The predicted molar refractivity (Wildman–Crippen MR) is 121 cm³/mol. The van der Waals surface area contributed by atoms with Crippen LogP contribution in [0.1, 0.15) is 18.4 Å². The number of likely N-dealkylation sites (tertiary alicyclic amines) is 1. The molecular formula is C24H24F3N5O2. The quantitative estimate of drug-likeness (QED) is 0.706. The first-order chi connectivity index (χ1) is 16.4. The Bertz CT molecular complexity index is 1160. The summed E-state index contributed by atoms with van der Waals surface area (Å²) in [4.78, 5) is 21.4. The number of ether oxygens (including phenoxy) is 1. The van der Waals surface area contributed by atoms with Crippen LogP contribution in [0.4, 0.5) is 23.8 Å². The van der Waals surface area contributed by atoms with Gasteiger partial charge in [0.1, 0.15) is 12.4 Å². The van der Waals surface area contributed by atoms with Gasteiger partial charge in [-0.15, -0.1) is 0 Å². The number of hydrogen-bond acceptors (Lipinski definition) is 5. The van der Waals surface area contributed by atoms with Crippen molar-refractivity contribution in [3.05, 3.63) is 65.6 Å². The summed E-state index contributed by atoms with van der Waals surface area (Å²) in [5.74, 6) is 1.67. The predicted octanol–water partition coefficient (Wildman–Crippen LogP) is 4.10. The highest BCUT2D eigenvalue weighted by Crippen LogP contribution is 2.35. The maximum absolute atomic E-state index is 13.2.